The first-order valence-corrected chi connectivity index (χ1v) is 2.92. The van der Waals surface area contributed by atoms with Crippen molar-refractivity contribution in [3.63, 3.8) is 0 Å². The highest BCUT2D eigenvalue weighted by Gasteiger charge is 1.70. The van der Waals surface area contributed by atoms with Crippen LogP contribution in [0.4, 0.5) is 0 Å². The van der Waals surface area contributed by atoms with Crippen LogP contribution in [0.25, 0.3) is 0 Å². The lowest BCUT2D eigenvalue weighted by atomic mass is 10.5. The molecule has 0 spiro atoms. The third-order valence-electron chi connectivity index (χ3n) is 0.509. The van der Waals surface area contributed by atoms with Crippen LogP contribution in [0.2, 0.25) is 0 Å². The molecular weight excluding hydrogens is 132 g/mol. The molecule has 0 saturated carbocycles. The Labute approximate surface area is 61.3 Å². The summed E-state index contributed by atoms with van der Waals surface area (Å²) in [5.41, 5.74) is 0. The highest BCUT2D eigenvalue weighted by molar-refractivity contribution is 4.57. The van der Waals surface area contributed by atoms with E-state index >= 15 is 0 Å². The molecule has 0 amide bonds. The summed E-state index contributed by atoms with van der Waals surface area (Å²) in [5.74, 6) is 0. The van der Waals surface area contributed by atoms with Gasteiger partial charge in [-0.05, 0) is 6.42 Å². The van der Waals surface area contributed by atoms with Gasteiger partial charge in [-0.15, -0.1) is 0 Å². The Bertz CT molecular complexity index is 63.3. The molecule has 0 aliphatic rings. The van der Waals surface area contributed by atoms with Gasteiger partial charge in [0.15, 0.2) is 0 Å². The highest BCUT2D eigenvalue weighted by Crippen LogP contribution is 1.66. The van der Waals surface area contributed by atoms with Crippen molar-refractivity contribution in [3.8, 4) is 0 Å². The average molecular weight is 146 g/mol. The van der Waals surface area contributed by atoms with E-state index in [1.54, 1.807) is 0 Å². The number of aliphatic hydroxyl groups is 2. The summed E-state index contributed by atoms with van der Waals surface area (Å²) >= 11 is 0. The van der Waals surface area contributed by atoms with Crippen molar-refractivity contribution >= 4 is 0 Å². The van der Waals surface area contributed by atoms with Gasteiger partial charge in [0.1, 0.15) is 0 Å². The van der Waals surface area contributed by atoms with E-state index in [4.69, 9.17) is 10.2 Å². The number of ether oxygens (including phenoxy) is 1. The SMILES string of the molecule is C=COC=C.OCCCO. The van der Waals surface area contributed by atoms with Crippen LogP contribution >= 0.6 is 0 Å². The molecule has 0 aromatic carbocycles. The van der Waals surface area contributed by atoms with Gasteiger partial charge in [-0.2, -0.15) is 0 Å². The van der Waals surface area contributed by atoms with E-state index in [-0.39, 0.29) is 13.2 Å². The van der Waals surface area contributed by atoms with Crippen molar-refractivity contribution in [3.05, 3.63) is 25.7 Å². The van der Waals surface area contributed by atoms with Crippen LogP contribution in [-0.2, 0) is 4.74 Å². The van der Waals surface area contributed by atoms with Crippen molar-refractivity contribution in [2.24, 2.45) is 0 Å². The van der Waals surface area contributed by atoms with Crippen molar-refractivity contribution < 1.29 is 14.9 Å². The second-order valence-electron chi connectivity index (χ2n) is 1.27. The molecule has 0 bridgehead atoms. The minimum atomic E-state index is 0.0938. The maximum absolute atomic E-state index is 7.91. The molecule has 0 heterocycles. The molecule has 0 atom stereocenters. The minimum absolute atomic E-state index is 0.0938. The Hall–Kier alpha value is -0.800. The molecule has 0 saturated heterocycles. The van der Waals surface area contributed by atoms with Crippen LogP contribution in [0, 0.1) is 0 Å². The fraction of sp³-hybridized carbons (Fsp3) is 0.429. The molecule has 0 aliphatic carbocycles. The quantitative estimate of drug-likeness (QED) is 0.572. The van der Waals surface area contributed by atoms with Crippen LogP contribution in [0.5, 0.6) is 0 Å². The predicted molar refractivity (Wildman–Crippen MR) is 40.3 cm³/mol. The van der Waals surface area contributed by atoms with Crippen LogP contribution < -0.4 is 0 Å². The second-order valence-corrected chi connectivity index (χ2v) is 1.27. The van der Waals surface area contributed by atoms with Gasteiger partial charge >= 0.3 is 0 Å². The Morgan fingerprint density at radius 2 is 1.50 bits per heavy atom. The summed E-state index contributed by atoms with van der Waals surface area (Å²) in [5, 5.41) is 15.8. The highest BCUT2D eigenvalue weighted by atomic mass is 16.5. The number of rotatable bonds is 4. The number of aliphatic hydroxyl groups excluding tert-OH is 2. The van der Waals surface area contributed by atoms with Crippen LogP contribution in [0.1, 0.15) is 6.42 Å². The van der Waals surface area contributed by atoms with Gasteiger partial charge in [0.25, 0.3) is 0 Å². The van der Waals surface area contributed by atoms with Gasteiger partial charge in [-0.25, -0.2) is 0 Å². The number of hydrogen-bond donors (Lipinski definition) is 2. The van der Waals surface area contributed by atoms with Crippen molar-refractivity contribution in [1.29, 1.82) is 0 Å². The molecule has 60 valence electrons. The second kappa shape index (κ2) is 15.7. The summed E-state index contributed by atoms with van der Waals surface area (Å²) in [7, 11) is 0. The van der Waals surface area contributed by atoms with Gasteiger partial charge in [-0.3, -0.25) is 0 Å². The summed E-state index contributed by atoms with van der Waals surface area (Å²) in [6.07, 6.45) is 3.12. The molecule has 0 unspecified atom stereocenters. The van der Waals surface area contributed by atoms with Gasteiger partial charge in [-0.1, -0.05) is 13.2 Å². The smallest absolute Gasteiger partial charge is 0.0829 e. The Kier molecular flexibility index (Phi) is 18.8. The van der Waals surface area contributed by atoms with Crippen molar-refractivity contribution in [1.82, 2.24) is 0 Å². The van der Waals surface area contributed by atoms with Gasteiger partial charge in [0.05, 0.1) is 12.5 Å². The zero-order chi connectivity index (χ0) is 8.24. The van der Waals surface area contributed by atoms with E-state index in [1.807, 2.05) is 0 Å². The van der Waals surface area contributed by atoms with Crippen LogP contribution in [0.3, 0.4) is 0 Å². The molecule has 0 aliphatic heterocycles. The summed E-state index contributed by atoms with van der Waals surface area (Å²) in [6.45, 7) is 6.70. The first kappa shape index (κ1) is 11.9. The largest absolute Gasteiger partial charge is 0.474 e. The van der Waals surface area contributed by atoms with E-state index in [0.717, 1.165) is 0 Å². The van der Waals surface area contributed by atoms with E-state index in [1.165, 1.54) is 12.5 Å². The van der Waals surface area contributed by atoms with E-state index in [0.29, 0.717) is 6.42 Å². The van der Waals surface area contributed by atoms with E-state index < -0.39 is 0 Å². The maximum Gasteiger partial charge on any atom is 0.0829 e. The lowest BCUT2D eigenvalue weighted by Gasteiger charge is -1.79. The summed E-state index contributed by atoms with van der Waals surface area (Å²) in [6, 6.07) is 0. The molecule has 0 aromatic rings. The molecule has 0 fully saturated rings. The third kappa shape index (κ3) is 27.0. The van der Waals surface area contributed by atoms with E-state index in [2.05, 4.69) is 17.9 Å². The molecule has 0 rings (SSSR count). The molecule has 0 radical (unpaired) electrons. The molecule has 3 nitrogen and oxygen atoms in total. The molecule has 0 aromatic heterocycles. The molecule has 2 N–H and O–H groups in total. The Morgan fingerprint density at radius 3 is 1.50 bits per heavy atom. The van der Waals surface area contributed by atoms with Gasteiger partial charge in [0, 0.05) is 13.2 Å². The number of hydrogen-bond acceptors (Lipinski definition) is 3. The molecule has 3 heteroatoms. The van der Waals surface area contributed by atoms with Crippen LogP contribution in [-0.4, -0.2) is 23.4 Å². The summed E-state index contributed by atoms with van der Waals surface area (Å²) < 4.78 is 4.36. The van der Waals surface area contributed by atoms with Crippen molar-refractivity contribution in [2.75, 3.05) is 13.2 Å². The first-order chi connectivity index (χ1) is 4.83. The maximum atomic E-state index is 7.91. The topological polar surface area (TPSA) is 49.7 Å². The average Bonchev–Trinajstić information content (AvgIpc) is 1.93. The normalized spacial score (nSPS) is 7.00. The van der Waals surface area contributed by atoms with E-state index in [9.17, 15) is 0 Å². The molecular formula is C7H14O3. The van der Waals surface area contributed by atoms with Gasteiger partial charge < -0.3 is 14.9 Å². The lowest BCUT2D eigenvalue weighted by molar-refractivity contribution is 0.221. The monoisotopic (exact) mass is 146 g/mol. The Morgan fingerprint density at radius 1 is 1.10 bits per heavy atom. The standard InChI is InChI=1S/C4H6O.C3H8O2/c1-3-5-4-2;4-2-1-3-5/h3-4H,1-2H2;4-5H,1-3H2. The zero-order valence-electron chi connectivity index (χ0n) is 5.99. The van der Waals surface area contributed by atoms with Gasteiger partial charge in [0.2, 0.25) is 0 Å². The molecule has 10 heavy (non-hydrogen) atoms. The van der Waals surface area contributed by atoms with Crippen molar-refractivity contribution in [2.45, 2.75) is 6.42 Å². The lowest BCUT2D eigenvalue weighted by Crippen LogP contribution is -1.85. The predicted octanol–water partition coefficient (Wildman–Crippen LogP) is 0.651. The fourth-order valence-electron chi connectivity index (χ4n) is 0.139. The zero-order valence-corrected chi connectivity index (χ0v) is 5.99. The van der Waals surface area contributed by atoms with Crippen LogP contribution in [0.15, 0.2) is 25.7 Å². The first-order valence-electron chi connectivity index (χ1n) is 2.92. The Balaban J connectivity index is 0. The fourth-order valence-corrected chi connectivity index (χ4v) is 0.139. The minimum Gasteiger partial charge on any atom is -0.474 e. The third-order valence-corrected chi connectivity index (χ3v) is 0.509. The summed E-state index contributed by atoms with van der Waals surface area (Å²) in [4.78, 5) is 0.